The van der Waals surface area contributed by atoms with Crippen LogP contribution in [0.3, 0.4) is 0 Å². The van der Waals surface area contributed by atoms with Crippen LogP contribution < -0.4 is 0 Å². The minimum absolute atomic E-state index is 0.166. The average molecular weight is 362 g/mol. The summed E-state index contributed by atoms with van der Waals surface area (Å²) in [6.45, 7) is 10.3. The Balaban J connectivity index is 1.34. The first-order valence-electron chi connectivity index (χ1n) is 10.00. The Labute approximate surface area is 155 Å². The number of fused-ring (bicyclic) bond motifs is 1. The molecule has 0 radical (unpaired) electrons. The second-order valence-corrected chi connectivity index (χ2v) is 7.48. The van der Waals surface area contributed by atoms with E-state index in [0.717, 1.165) is 84.0 Å². The van der Waals surface area contributed by atoms with E-state index < -0.39 is 0 Å². The van der Waals surface area contributed by atoms with Crippen molar-refractivity contribution < 1.29 is 14.3 Å². The highest BCUT2D eigenvalue weighted by molar-refractivity contribution is 5.79. The number of piperazine rings is 1. The number of hydrogen-bond acceptors (Lipinski definition) is 5. The molecule has 1 aromatic rings. The fourth-order valence-corrected chi connectivity index (χ4v) is 4.31. The summed E-state index contributed by atoms with van der Waals surface area (Å²) in [6, 6.07) is 0. The lowest BCUT2D eigenvalue weighted by molar-refractivity contribution is -0.140. The molecule has 2 fully saturated rings. The molecule has 4 heterocycles. The molecule has 4 rings (SSSR count). The molecule has 0 N–H and O–H groups in total. The number of amides is 1. The minimum Gasteiger partial charge on any atom is -0.381 e. The van der Waals surface area contributed by atoms with Gasteiger partial charge < -0.3 is 14.4 Å². The number of carbonyl (C=O) groups excluding carboxylic acids is 1. The van der Waals surface area contributed by atoms with Crippen molar-refractivity contribution in [2.45, 2.75) is 45.9 Å². The number of aryl methyl sites for hydroxylation is 1. The van der Waals surface area contributed by atoms with E-state index >= 15 is 0 Å². The molecule has 144 valence electrons. The first kappa shape index (κ1) is 17.9. The van der Waals surface area contributed by atoms with Crippen molar-refractivity contribution in [2.24, 2.45) is 5.92 Å². The molecule has 7 nitrogen and oxygen atoms in total. The van der Waals surface area contributed by atoms with Gasteiger partial charge in [0, 0.05) is 76.1 Å². The predicted octanol–water partition coefficient (Wildman–Crippen LogP) is 1.05. The van der Waals surface area contributed by atoms with Crippen molar-refractivity contribution in [2.75, 3.05) is 46.0 Å². The maximum Gasteiger partial charge on any atom is 0.225 e. The summed E-state index contributed by atoms with van der Waals surface area (Å²) in [6.07, 6.45) is 2.71. The van der Waals surface area contributed by atoms with Gasteiger partial charge in [0.05, 0.1) is 18.9 Å². The van der Waals surface area contributed by atoms with Gasteiger partial charge in [-0.25, -0.2) is 0 Å². The summed E-state index contributed by atoms with van der Waals surface area (Å²) >= 11 is 0. The zero-order chi connectivity index (χ0) is 17.9. The van der Waals surface area contributed by atoms with Crippen molar-refractivity contribution in [3.8, 4) is 0 Å². The monoisotopic (exact) mass is 362 g/mol. The van der Waals surface area contributed by atoms with Gasteiger partial charge in [-0.1, -0.05) is 0 Å². The van der Waals surface area contributed by atoms with E-state index in [2.05, 4.69) is 21.4 Å². The van der Waals surface area contributed by atoms with Crippen LogP contribution in [0.25, 0.3) is 0 Å². The Bertz CT molecular complexity index is 631. The number of nitrogens with zero attached hydrogens (tertiary/aromatic N) is 4. The van der Waals surface area contributed by atoms with E-state index in [9.17, 15) is 4.79 Å². The van der Waals surface area contributed by atoms with Gasteiger partial charge >= 0.3 is 0 Å². The van der Waals surface area contributed by atoms with Crippen LogP contribution in [-0.4, -0.2) is 71.5 Å². The molecule has 0 atom stereocenters. The summed E-state index contributed by atoms with van der Waals surface area (Å²) in [4.78, 5) is 17.1. The summed E-state index contributed by atoms with van der Waals surface area (Å²) in [5.41, 5.74) is 3.80. The molecular weight excluding hydrogens is 332 g/mol. The highest BCUT2D eigenvalue weighted by Gasteiger charge is 2.29. The highest BCUT2D eigenvalue weighted by Crippen LogP contribution is 2.23. The van der Waals surface area contributed by atoms with Crippen LogP contribution in [0.15, 0.2) is 0 Å². The molecule has 26 heavy (non-hydrogen) atoms. The first-order valence-corrected chi connectivity index (χ1v) is 10.00. The molecule has 0 bridgehead atoms. The molecule has 3 aliphatic rings. The number of ether oxygens (including phenoxy) is 2. The van der Waals surface area contributed by atoms with Crippen molar-refractivity contribution in [3.05, 3.63) is 17.0 Å². The van der Waals surface area contributed by atoms with Gasteiger partial charge in [-0.15, -0.1) is 0 Å². The maximum absolute atomic E-state index is 12.7. The van der Waals surface area contributed by atoms with Gasteiger partial charge in [0.25, 0.3) is 0 Å². The van der Waals surface area contributed by atoms with Crippen LogP contribution in [0.5, 0.6) is 0 Å². The van der Waals surface area contributed by atoms with E-state index in [1.165, 1.54) is 11.3 Å². The third-order valence-corrected chi connectivity index (χ3v) is 5.91. The minimum atomic E-state index is 0.166. The van der Waals surface area contributed by atoms with Crippen molar-refractivity contribution >= 4 is 5.91 Å². The maximum atomic E-state index is 12.7. The molecule has 0 aliphatic carbocycles. The molecule has 3 aliphatic heterocycles. The Kier molecular flexibility index (Phi) is 5.57. The van der Waals surface area contributed by atoms with Gasteiger partial charge in [0.15, 0.2) is 0 Å². The fourth-order valence-electron chi connectivity index (χ4n) is 4.31. The van der Waals surface area contributed by atoms with Crippen LogP contribution in [0.2, 0.25) is 0 Å². The van der Waals surface area contributed by atoms with E-state index in [1.54, 1.807) is 0 Å². The Morgan fingerprint density at radius 3 is 2.62 bits per heavy atom. The topological polar surface area (TPSA) is 59.8 Å². The molecule has 0 unspecified atom stereocenters. The lowest BCUT2D eigenvalue weighted by Gasteiger charge is -2.37. The van der Waals surface area contributed by atoms with Crippen LogP contribution in [0.1, 0.15) is 36.7 Å². The fraction of sp³-hybridized carbons (Fsp3) is 0.789. The summed E-state index contributed by atoms with van der Waals surface area (Å²) in [5, 5.41) is 4.83. The van der Waals surface area contributed by atoms with Crippen LogP contribution in [-0.2, 0) is 40.4 Å². The first-order chi connectivity index (χ1) is 12.8. The highest BCUT2D eigenvalue weighted by atomic mass is 16.5. The zero-order valence-electron chi connectivity index (χ0n) is 15.8. The number of aromatic nitrogens is 2. The molecular formula is C19H30N4O3. The molecule has 2 saturated heterocycles. The largest absolute Gasteiger partial charge is 0.381 e. The molecule has 0 aromatic carbocycles. The number of carbonyl (C=O) groups is 1. The standard InChI is InChI=1S/C19H30N4O3/c1-2-23-18-5-12-26-14-16(18)17(20-23)13-21-6-8-22(9-7-21)19(24)15-3-10-25-11-4-15/h15H,2-14H2,1H3. The number of rotatable bonds is 4. The second kappa shape index (κ2) is 8.06. The number of hydrogen-bond donors (Lipinski definition) is 0. The van der Waals surface area contributed by atoms with Gasteiger partial charge in [-0.05, 0) is 19.8 Å². The SMILES string of the molecule is CCn1nc(CN2CCN(C(=O)C3CCOCC3)CC2)c2c1CCOC2. The van der Waals surface area contributed by atoms with Gasteiger partial charge in [-0.2, -0.15) is 5.10 Å². The normalized spacial score (nSPS) is 22.4. The van der Waals surface area contributed by atoms with E-state index in [-0.39, 0.29) is 5.92 Å². The quantitative estimate of drug-likeness (QED) is 0.801. The van der Waals surface area contributed by atoms with Crippen LogP contribution in [0, 0.1) is 5.92 Å². The molecule has 1 aromatic heterocycles. The van der Waals surface area contributed by atoms with Crippen LogP contribution >= 0.6 is 0 Å². The Morgan fingerprint density at radius 2 is 1.88 bits per heavy atom. The van der Waals surface area contributed by atoms with Gasteiger partial charge in [0.1, 0.15) is 0 Å². The van der Waals surface area contributed by atoms with Crippen molar-refractivity contribution in [3.63, 3.8) is 0 Å². The van der Waals surface area contributed by atoms with Crippen LogP contribution in [0.4, 0.5) is 0 Å². The van der Waals surface area contributed by atoms with Crippen molar-refractivity contribution in [1.82, 2.24) is 19.6 Å². The summed E-state index contributed by atoms with van der Waals surface area (Å²) in [7, 11) is 0. The molecule has 0 spiro atoms. The summed E-state index contributed by atoms with van der Waals surface area (Å²) < 4.78 is 13.2. The molecule has 0 saturated carbocycles. The zero-order valence-corrected chi connectivity index (χ0v) is 15.8. The average Bonchev–Trinajstić information content (AvgIpc) is 3.06. The predicted molar refractivity (Wildman–Crippen MR) is 96.7 cm³/mol. The van der Waals surface area contributed by atoms with E-state index in [1.807, 2.05) is 0 Å². The third kappa shape index (κ3) is 3.66. The second-order valence-electron chi connectivity index (χ2n) is 7.48. The Hall–Kier alpha value is -1.44. The van der Waals surface area contributed by atoms with Gasteiger partial charge in [-0.3, -0.25) is 14.4 Å². The lowest BCUT2D eigenvalue weighted by atomic mass is 9.98. The lowest BCUT2D eigenvalue weighted by Crippen LogP contribution is -2.50. The third-order valence-electron chi connectivity index (χ3n) is 5.91. The molecule has 1 amide bonds. The van der Waals surface area contributed by atoms with Crippen molar-refractivity contribution in [1.29, 1.82) is 0 Å². The smallest absolute Gasteiger partial charge is 0.225 e. The summed E-state index contributed by atoms with van der Waals surface area (Å²) in [5.74, 6) is 0.494. The van der Waals surface area contributed by atoms with E-state index in [4.69, 9.17) is 14.6 Å². The van der Waals surface area contributed by atoms with E-state index in [0.29, 0.717) is 12.5 Å². The Morgan fingerprint density at radius 1 is 1.12 bits per heavy atom. The molecule has 7 heteroatoms. The van der Waals surface area contributed by atoms with Gasteiger partial charge in [0.2, 0.25) is 5.91 Å².